The van der Waals surface area contributed by atoms with Crippen molar-refractivity contribution in [1.82, 2.24) is 15.0 Å². The Morgan fingerprint density at radius 2 is 1.83 bits per heavy atom. The Morgan fingerprint density at radius 3 is 2.28 bits per heavy atom. The third kappa shape index (κ3) is 2.71. The Labute approximate surface area is 107 Å². The molecular formula is C12H23N3O3. The van der Waals surface area contributed by atoms with E-state index in [2.05, 4.69) is 10.3 Å². The molecule has 1 rings (SSSR count). The van der Waals surface area contributed by atoms with Crippen LogP contribution in [0.2, 0.25) is 0 Å². The molecule has 1 aromatic rings. The van der Waals surface area contributed by atoms with E-state index < -0.39 is 11.8 Å². The molecule has 1 heterocycles. The lowest BCUT2D eigenvalue weighted by Crippen LogP contribution is -2.38. The molecule has 0 radical (unpaired) electrons. The normalized spacial score (nSPS) is 14.5. The molecule has 1 atom stereocenters. The molecule has 0 aliphatic heterocycles. The lowest BCUT2D eigenvalue weighted by Gasteiger charge is -2.34. The van der Waals surface area contributed by atoms with Gasteiger partial charge in [-0.2, -0.15) is 0 Å². The summed E-state index contributed by atoms with van der Waals surface area (Å²) in [5, 5.41) is 36.9. The average Bonchev–Trinajstić information content (AvgIpc) is 2.77. The quantitative estimate of drug-likeness (QED) is 0.696. The first-order valence-electron chi connectivity index (χ1n) is 6.27. The first-order chi connectivity index (χ1) is 8.33. The minimum atomic E-state index is -1.07. The molecule has 0 aliphatic carbocycles. The SMILES string of the molecule is CC(C)C(O)(c1cn(C(O)CCO)nn1)C(C)C. The van der Waals surface area contributed by atoms with Crippen molar-refractivity contribution in [2.75, 3.05) is 6.61 Å². The van der Waals surface area contributed by atoms with Crippen molar-refractivity contribution in [2.45, 2.75) is 45.9 Å². The predicted octanol–water partition coefficient (Wildman–Crippen LogP) is 0.651. The van der Waals surface area contributed by atoms with E-state index in [1.807, 2.05) is 27.7 Å². The van der Waals surface area contributed by atoms with Gasteiger partial charge in [-0.1, -0.05) is 32.9 Å². The third-order valence-electron chi connectivity index (χ3n) is 3.37. The second-order valence-electron chi connectivity index (χ2n) is 5.21. The van der Waals surface area contributed by atoms with Gasteiger partial charge in [-0.15, -0.1) is 5.10 Å². The van der Waals surface area contributed by atoms with Crippen LogP contribution < -0.4 is 0 Å². The zero-order chi connectivity index (χ0) is 13.9. The van der Waals surface area contributed by atoms with Gasteiger partial charge in [0.25, 0.3) is 0 Å². The van der Waals surface area contributed by atoms with Gasteiger partial charge in [-0.05, 0) is 11.8 Å². The van der Waals surface area contributed by atoms with Crippen molar-refractivity contribution in [3.8, 4) is 0 Å². The fourth-order valence-electron chi connectivity index (χ4n) is 2.11. The van der Waals surface area contributed by atoms with Gasteiger partial charge in [0.2, 0.25) is 0 Å². The van der Waals surface area contributed by atoms with Crippen molar-refractivity contribution < 1.29 is 15.3 Å². The standard InChI is InChI=1S/C12H23N3O3/c1-8(2)12(18,9(3)4)10-7-15(14-13-10)11(17)5-6-16/h7-9,11,16-18H,5-6H2,1-4H3. The average molecular weight is 257 g/mol. The predicted molar refractivity (Wildman–Crippen MR) is 66.6 cm³/mol. The molecule has 6 heteroatoms. The van der Waals surface area contributed by atoms with E-state index in [1.54, 1.807) is 6.20 Å². The maximum absolute atomic E-state index is 10.7. The topological polar surface area (TPSA) is 91.4 Å². The maximum Gasteiger partial charge on any atom is 0.150 e. The van der Waals surface area contributed by atoms with Crippen LogP contribution in [0.25, 0.3) is 0 Å². The lowest BCUT2D eigenvalue weighted by atomic mass is 9.78. The van der Waals surface area contributed by atoms with Crippen molar-refractivity contribution >= 4 is 0 Å². The second-order valence-corrected chi connectivity index (χ2v) is 5.21. The van der Waals surface area contributed by atoms with Crippen LogP contribution in [0.3, 0.4) is 0 Å². The number of aliphatic hydroxyl groups is 3. The van der Waals surface area contributed by atoms with Gasteiger partial charge in [0.15, 0.2) is 6.23 Å². The number of rotatable bonds is 6. The van der Waals surface area contributed by atoms with Gasteiger partial charge in [-0.25, -0.2) is 4.68 Å². The minimum Gasteiger partial charge on any atom is -0.396 e. The van der Waals surface area contributed by atoms with Crippen LogP contribution >= 0.6 is 0 Å². The monoisotopic (exact) mass is 257 g/mol. The van der Waals surface area contributed by atoms with E-state index in [9.17, 15) is 10.2 Å². The molecule has 0 fully saturated rings. The highest BCUT2D eigenvalue weighted by Crippen LogP contribution is 2.35. The highest BCUT2D eigenvalue weighted by Gasteiger charge is 2.39. The molecule has 0 bridgehead atoms. The zero-order valence-corrected chi connectivity index (χ0v) is 11.4. The summed E-state index contributed by atoms with van der Waals surface area (Å²) in [6.07, 6.45) is 0.810. The van der Waals surface area contributed by atoms with Crippen LogP contribution in [0.15, 0.2) is 6.20 Å². The lowest BCUT2D eigenvalue weighted by molar-refractivity contribution is -0.0570. The van der Waals surface area contributed by atoms with E-state index in [0.717, 1.165) is 0 Å². The first kappa shape index (κ1) is 15.1. The molecule has 0 aliphatic rings. The maximum atomic E-state index is 10.7. The second kappa shape index (κ2) is 5.77. The van der Waals surface area contributed by atoms with Gasteiger partial charge in [-0.3, -0.25) is 0 Å². The molecule has 0 amide bonds. The first-order valence-corrected chi connectivity index (χ1v) is 6.27. The van der Waals surface area contributed by atoms with Crippen LogP contribution in [0.4, 0.5) is 0 Å². The summed E-state index contributed by atoms with van der Waals surface area (Å²) < 4.78 is 1.27. The number of aliphatic hydroxyl groups excluding tert-OH is 2. The van der Waals surface area contributed by atoms with Crippen molar-refractivity contribution in [2.24, 2.45) is 11.8 Å². The summed E-state index contributed by atoms with van der Waals surface area (Å²) in [5.74, 6) is -0.0322. The molecule has 1 unspecified atom stereocenters. The van der Waals surface area contributed by atoms with Crippen molar-refractivity contribution in [3.05, 3.63) is 11.9 Å². The molecule has 6 nitrogen and oxygen atoms in total. The number of nitrogens with zero attached hydrogens (tertiary/aromatic N) is 3. The summed E-state index contributed by atoms with van der Waals surface area (Å²) in [6, 6.07) is 0. The Bertz CT molecular complexity index is 368. The molecule has 0 saturated carbocycles. The fourth-order valence-corrected chi connectivity index (χ4v) is 2.11. The largest absolute Gasteiger partial charge is 0.396 e. The Balaban J connectivity index is 3.02. The summed E-state index contributed by atoms with van der Waals surface area (Å²) in [5.41, 5.74) is -0.624. The summed E-state index contributed by atoms with van der Waals surface area (Å²) in [4.78, 5) is 0. The molecule has 0 aromatic carbocycles. The third-order valence-corrected chi connectivity index (χ3v) is 3.37. The number of hydrogen-bond donors (Lipinski definition) is 3. The molecule has 0 saturated heterocycles. The van der Waals surface area contributed by atoms with Crippen LogP contribution in [-0.2, 0) is 5.60 Å². The van der Waals surface area contributed by atoms with E-state index >= 15 is 0 Å². The Hall–Kier alpha value is -0.980. The van der Waals surface area contributed by atoms with E-state index in [0.29, 0.717) is 5.69 Å². The summed E-state index contributed by atoms with van der Waals surface area (Å²) in [6.45, 7) is 7.55. The smallest absolute Gasteiger partial charge is 0.150 e. The molecule has 0 spiro atoms. The van der Waals surface area contributed by atoms with E-state index in [-0.39, 0.29) is 24.9 Å². The van der Waals surface area contributed by atoms with Crippen LogP contribution in [0, 0.1) is 11.8 Å². The molecule has 3 N–H and O–H groups in total. The van der Waals surface area contributed by atoms with Crippen molar-refractivity contribution in [3.63, 3.8) is 0 Å². The van der Waals surface area contributed by atoms with Gasteiger partial charge in [0.05, 0.1) is 6.20 Å². The van der Waals surface area contributed by atoms with E-state index in [4.69, 9.17) is 5.11 Å². The minimum absolute atomic E-state index is 0.0161. The molecular weight excluding hydrogens is 234 g/mol. The number of aromatic nitrogens is 3. The van der Waals surface area contributed by atoms with E-state index in [1.165, 1.54) is 4.68 Å². The Morgan fingerprint density at radius 1 is 1.28 bits per heavy atom. The van der Waals surface area contributed by atoms with Gasteiger partial charge >= 0.3 is 0 Å². The van der Waals surface area contributed by atoms with Crippen LogP contribution in [-0.4, -0.2) is 36.9 Å². The molecule has 1 aromatic heterocycles. The summed E-state index contributed by atoms with van der Waals surface area (Å²) in [7, 11) is 0. The fraction of sp³-hybridized carbons (Fsp3) is 0.833. The number of hydrogen-bond acceptors (Lipinski definition) is 5. The van der Waals surface area contributed by atoms with Gasteiger partial charge in [0.1, 0.15) is 11.3 Å². The molecule has 18 heavy (non-hydrogen) atoms. The van der Waals surface area contributed by atoms with Crippen molar-refractivity contribution in [1.29, 1.82) is 0 Å². The zero-order valence-electron chi connectivity index (χ0n) is 11.4. The van der Waals surface area contributed by atoms with Crippen LogP contribution in [0.1, 0.15) is 46.0 Å². The van der Waals surface area contributed by atoms with Gasteiger partial charge < -0.3 is 15.3 Å². The molecule has 104 valence electrons. The Kier molecular flexibility index (Phi) is 4.84. The van der Waals surface area contributed by atoms with Crippen LogP contribution in [0.5, 0.6) is 0 Å². The van der Waals surface area contributed by atoms with Gasteiger partial charge in [0, 0.05) is 13.0 Å². The highest BCUT2D eigenvalue weighted by atomic mass is 16.3. The highest BCUT2D eigenvalue weighted by molar-refractivity contribution is 5.09. The summed E-state index contributed by atoms with van der Waals surface area (Å²) >= 11 is 0.